The van der Waals surface area contributed by atoms with Crippen molar-refractivity contribution in [2.24, 2.45) is 5.92 Å². The van der Waals surface area contributed by atoms with Gasteiger partial charge in [0.25, 0.3) is 11.5 Å². The van der Waals surface area contributed by atoms with Gasteiger partial charge in [0, 0.05) is 24.2 Å². The van der Waals surface area contributed by atoms with E-state index in [9.17, 15) is 22.8 Å². The average molecular weight is 452 g/mol. The Labute approximate surface area is 185 Å². The third kappa shape index (κ3) is 3.90. The van der Waals surface area contributed by atoms with Crippen LogP contribution in [0, 0.1) is 23.4 Å². The molecular formula is C24H19F3N4O2. The Morgan fingerprint density at radius 3 is 2.55 bits per heavy atom. The van der Waals surface area contributed by atoms with Gasteiger partial charge in [-0.05, 0) is 72.2 Å². The summed E-state index contributed by atoms with van der Waals surface area (Å²) in [6.07, 6.45) is 2.71. The van der Waals surface area contributed by atoms with E-state index in [1.807, 2.05) is 0 Å². The Balaban J connectivity index is 1.38. The summed E-state index contributed by atoms with van der Waals surface area (Å²) in [5, 5.41) is 9.01. The molecule has 3 N–H and O–H groups in total. The lowest BCUT2D eigenvalue weighted by Crippen LogP contribution is -2.37. The van der Waals surface area contributed by atoms with Gasteiger partial charge in [-0.3, -0.25) is 9.59 Å². The lowest BCUT2D eigenvalue weighted by molar-refractivity contribution is 0.0933. The maximum Gasteiger partial charge on any atom is 0.277 e. The highest BCUT2D eigenvalue weighted by Crippen LogP contribution is 2.48. The van der Waals surface area contributed by atoms with Crippen LogP contribution in [0.2, 0.25) is 0 Å². The van der Waals surface area contributed by atoms with E-state index in [0.29, 0.717) is 36.0 Å². The molecule has 1 fully saturated rings. The van der Waals surface area contributed by atoms with Gasteiger partial charge in [0.2, 0.25) is 0 Å². The van der Waals surface area contributed by atoms with Crippen molar-refractivity contribution in [3.8, 4) is 11.3 Å². The number of nitrogens with one attached hydrogen (secondary N) is 3. The van der Waals surface area contributed by atoms with E-state index in [4.69, 9.17) is 0 Å². The first kappa shape index (κ1) is 21.0. The number of hydrogen-bond donors (Lipinski definition) is 3. The van der Waals surface area contributed by atoms with Gasteiger partial charge in [-0.25, -0.2) is 18.3 Å². The lowest BCUT2D eigenvalue weighted by Gasteiger charge is -2.36. The number of carbonyl (C=O) groups is 1. The van der Waals surface area contributed by atoms with Crippen LogP contribution in [0.4, 0.5) is 13.2 Å². The highest BCUT2D eigenvalue weighted by molar-refractivity contribution is 5.94. The predicted octanol–water partition coefficient (Wildman–Crippen LogP) is 4.26. The molecule has 0 saturated heterocycles. The second kappa shape index (κ2) is 8.23. The minimum absolute atomic E-state index is 0.00577. The number of hydrogen-bond acceptors (Lipinski definition) is 3. The van der Waals surface area contributed by atoms with Gasteiger partial charge < -0.3 is 10.3 Å². The quantitative estimate of drug-likeness (QED) is 0.423. The fraction of sp³-hybridized carbons (Fsp3) is 0.208. The van der Waals surface area contributed by atoms with Crippen LogP contribution in [-0.4, -0.2) is 27.6 Å². The largest absolute Gasteiger partial charge is 0.352 e. The van der Waals surface area contributed by atoms with Crippen molar-refractivity contribution >= 4 is 16.8 Å². The molecule has 168 valence electrons. The Hall–Kier alpha value is -3.88. The maximum absolute atomic E-state index is 14.5. The fourth-order valence-corrected chi connectivity index (χ4v) is 4.50. The van der Waals surface area contributed by atoms with Gasteiger partial charge in [-0.2, -0.15) is 5.10 Å². The zero-order chi connectivity index (χ0) is 23.1. The van der Waals surface area contributed by atoms with E-state index in [0.717, 1.165) is 11.6 Å². The Bertz CT molecular complexity index is 1410. The summed E-state index contributed by atoms with van der Waals surface area (Å²) >= 11 is 0. The van der Waals surface area contributed by atoms with Crippen LogP contribution in [0.5, 0.6) is 0 Å². The second-order valence-corrected chi connectivity index (χ2v) is 8.27. The second-order valence-electron chi connectivity index (χ2n) is 8.27. The molecule has 6 nitrogen and oxygen atoms in total. The molecule has 9 heteroatoms. The number of rotatable bonds is 5. The Morgan fingerprint density at radius 2 is 1.82 bits per heavy atom. The standard InChI is InChI=1S/C24H19F3N4O2/c25-15-3-1-13(2-4-15)21-20(18-9-16(26)10-19(27)22(18)30-21)14-7-12(8-14)11-28-23(32)17-5-6-29-31-24(17)33/h1-6,9-10,12,14,30H,7-8,11H2,(H,28,32)(H,31,33)/t12-,14-. The summed E-state index contributed by atoms with van der Waals surface area (Å²) in [6.45, 7) is 0.369. The van der Waals surface area contributed by atoms with E-state index >= 15 is 0 Å². The highest BCUT2D eigenvalue weighted by Gasteiger charge is 2.35. The van der Waals surface area contributed by atoms with Gasteiger partial charge in [0.05, 0.1) is 11.2 Å². The lowest BCUT2D eigenvalue weighted by atomic mass is 9.70. The molecule has 0 spiro atoms. The van der Waals surface area contributed by atoms with Crippen LogP contribution < -0.4 is 10.9 Å². The first-order valence-electron chi connectivity index (χ1n) is 10.5. The van der Waals surface area contributed by atoms with Crippen molar-refractivity contribution in [1.29, 1.82) is 0 Å². The van der Waals surface area contributed by atoms with E-state index < -0.39 is 23.1 Å². The number of aromatic amines is 2. The van der Waals surface area contributed by atoms with Crippen LogP contribution in [0.25, 0.3) is 22.2 Å². The number of aromatic nitrogens is 3. The summed E-state index contributed by atoms with van der Waals surface area (Å²) in [4.78, 5) is 27.0. The molecule has 5 rings (SSSR count). The van der Waals surface area contributed by atoms with Crippen LogP contribution >= 0.6 is 0 Å². The first-order valence-corrected chi connectivity index (χ1v) is 10.5. The molecule has 4 aromatic rings. The maximum atomic E-state index is 14.5. The number of H-pyrrole nitrogens is 2. The zero-order valence-electron chi connectivity index (χ0n) is 17.3. The van der Waals surface area contributed by atoms with Crippen molar-refractivity contribution in [2.75, 3.05) is 6.54 Å². The summed E-state index contributed by atoms with van der Waals surface area (Å²) in [7, 11) is 0. The molecule has 0 aliphatic heterocycles. The third-order valence-electron chi connectivity index (χ3n) is 6.16. The summed E-state index contributed by atoms with van der Waals surface area (Å²) in [5.41, 5.74) is 1.72. The van der Waals surface area contributed by atoms with Crippen LogP contribution in [-0.2, 0) is 0 Å². The van der Waals surface area contributed by atoms with Crippen LogP contribution in [0.15, 0.2) is 53.5 Å². The van der Waals surface area contributed by atoms with Crippen LogP contribution in [0.1, 0.15) is 34.7 Å². The Morgan fingerprint density at radius 1 is 1.06 bits per heavy atom. The monoisotopic (exact) mass is 452 g/mol. The molecule has 0 bridgehead atoms. The summed E-state index contributed by atoms with van der Waals surface area (Å²) in [5.74, 6) is -2.08. The summed E-state index contributed by atoms with van der Waals surface area (Å²) < 4.78 is 41.9. The molecule has 1 aliphatic carbocycles. The number of fused-ring (bicyclic) bond motifs is 1. The summed E-state index contributed by atoms with van der Waals surface area (Å²) in [6, 6.07) is 9.32. The number of carbonyl (C=O) groups excluding carboxylic acids is 1. The van der Waals surface area contributed by atoms with Crippen molar-refractivity contribution in [2.45, 2.75) is 18.8 Å². The highest BCUT2D eigenvalue weighted by atomic mass is 19.1. The number of nitrogens with zero attached hydrogens (tertiary/aromatic N) is 1. The minimum atomic E-state index is -0.690. The topological polar surface area (TPSA) is 90.6 Å². The molecule has 1 aliphatic rings. The fourth-order valence-electron chi connectivity index (χ4n) is 4.50. The molecule has 0 atom stereocenters. The molecular weight excluding hydrogens is 433 g/mol. The molecule has 2 aromatic carbocycles. The predicted molar refractivity (Wildman–Crippen MR) is 116 cm³/mol. The Kier molecular flexibility index (Phi) is 5.24. The first-order chi connectivity index (χ1) is 15.9. The third-order valence-corrected chi connectivity index (χ3v) is 6.16. The normalized spacial score (nSPS) is 17.7. The van der Waals surface area contributed by atoms with Gasteiger partial charge in [0.1, 0.15) is 23.0 Å². The number of amides is 1. The van der Waals surface area contributed by atoms with Crippen molar-refractivity contribution < 1.29 is 18.0 Å². The number of benzene rings is 2. The van der Waals surface area contributed by atoms with Crippen molar-refractivity contribution in [1.82, 2.24) is 20.5 Å². The van der Waals surface area contributed by atoms with Crippen LogP contribution in [0.3, 0.4) is 0 Å². The van der Waals surface area contributed by atoms with E-state index in [1.165, 1.54) is 30.5 Å². The minimum Gasteiger partial charge on any atom is -0.352 e. The van der Waals surface area contributed by atoms with Gasteiger partial charge >= 0.3 is 0 Å². The molecule has 2 aromatic heterocycles. The molecule has 33 heavy (non-hydrogen) atoms. The van der Waals surface area contributed by atoms with E-state index in [-0.39, 0.29) is 28.7 Å². The van der Waals surface area contributed by atoms with Gasteiger partial charge in [0.15, 0.2) is 0 Å². The smallest absolute Gasteiger partial charge is 0.277 e. The SMILES string of the molecule is O=C(NC[C@H]1C[C@H](c2c(-c3ccc(F)cc3)[nH]c3c(F)cc(F)cc32)C1)c1ccn[nH]c1=O. The molecule has 0 unspecified atom stereocenters. The number of halogens is 3. The molecule has 0 radical (unpaired) electrons. The zero-order valence-corrected chi connectivity index (χ0v) is 17.3. The van der Waals surface area contributed by atoms with E-state index in [1.54, 1.807) is 12.1 Å². The molecule has 1 amide bonds. The van der Waals surface area contributed by atoms with E-state index in [2.05, 4.69) is 20.5 Å². The molecule has 1 saturated carbocycles. The van der Waals surface area contributed by atoms with Crippen molar-refractivity contribution in [3.05, 3.63) is 87.6 Å². The molecule has 2 heterocycles. The van der Waals surface area contributed by atoms with Gasteiger partial charge in [-0.1, -0.05) is 0 Å². The van der Waals surface area contributed by atoms with Gasteiger partial charge in [-0.15, -0.1) is 0 Å². The van der Waals surface area contributed by atoms with Crippen molar-refractivity contribution in [3.63, 3.8) is 0 Å². The average Bonchev–Trinajstić information content (AvgIpc) is 3.13.